The quantitative estimate of drug-likeness (QED) is 0.679. The smallest absolute Gasteiger partial charge is 0.224 e. The Morgan fingerprint density at radius 2 is 2.00 bits per heavy atom. The molecular weight excluding hydrogens is 216 g/mol. The van der Waals surface area contributed by atoms with E-state index in [0.29, 0.717) is 5.92 Å². The highest BCUT2D eigenvalue weighted by molar-refractivity contribution is 5.78. The minimum Gasteiger partial charge on any atom is -0.393 e. The summed E-state index contributed by atoms with van der Waals surface area (Å²) in [5, 5.41) is 15.8. The maximum absolute atomic E-state index is 11.9. The number of amides is 1. The molecule has 0 spiro atoms. The fourth-order valence-electron chi connectivity index (χ4n) is 2.81. The Kier molecular flexibility index (Phi) is 4.80. The molecular formula is C13H24N2O2. The summed E-state index contributed by atoms with van der Waals surface area (Å²) >= 11 is 0. The molecule has 1 atom stereocenters. The summed E-state index contributed by atoms with van der Waals surface area (Å²) < 4.78 is 0. The zero-order valence-corrected chi connectivity index (χ0v) is 10.5. The van der Waals surface area contributed by atoms with Crippen molar-refractivity contribution in [2.45, 2.75) is 44.6 Å². The van der Waals surface area contributed by atoms with Gasteiger partial charge in [0.2, 0.25) is 5.91 Å². The van der Waals surface area contributed by atoms with Gasteiger partial charge in [0.1, 0.15) is 0 Å². The van der Waals surface area contributed by atoms with Gasteiger partial charge < -0.3 is 15.7 Å². The van der Waals surface area contributed by atoms with Crippen molar-refractivity contribution in [2.75, 3.05) is 19.6 Å². The molecule has 2 aliphatic rings. The molecule has 1 aliphatic carbocycles. The number of carbonyl (C=O) groups excluding carboxylic acids is 1. The van der Waals surface area contributed by atoms with E-state index in [0.717, 1.165) is 58.2 Å². The third-order valence-corrected chi connectivity index (χ3v) is 4.05. The predicted octanol–water partition coefficient (Wildman–Crippen LogP) is 0.653. The zero-order valence-electron chi connectivity index (χ0n) is 10.5. The minimum atomic E-state index is -0.107. The SMILES string of the molecule is O=C(NCC1CCC(O)CC1)[C@H]1CCCNC1. The van der Waals surface area contributed by atoms with Gasteiger partial charge in [0.15, 0.2) is 0 Å². The van der Waals surface area contributed by atoms with E-state index in [1.54, 1.807) is 0 Å². The number of rotatable bonds is 3. The van der Waals surface area contributed by atoms with Gasteiger partial charge in [0.25, 0.3) is 0 Å². The van der Waals surface area contributed by atoms with Crippen LogP contribution in [0, 0.1) is 11.8 Å². The number of carbonyl (C=O) groups is 1. The van der Waals surface area contributed by atoms with E-state index in [4.69, 9.17) is 0 Å². The number of piperidine rings is 1. The molecule has 17 heavy (non-hydrogen) atoms. The Morgan fingerprint density at radius 3 is 2.65 bits per heavy atom. The Hall–Kier alpha value is -0.610. The predicted molar refractivity (Wildman–Crippen MR) is 66.6 cm³/mol. The average Bonchev–Trinajstić information content (AvgIpc) is 2.39. The number of aliphatic hydroxyl groups is 1. The standard InChI is InChI=1S/C13H24N2O2/c16-12-5-3-10(4-6-12)8-15-13(17)11-2-1-7-14-9-11/h10-12,14,16H,1-9H2,(H,15,17)/t10?,11-,12?/m0/s1. The first kappa shape index (κ1) is 12.8. The van der Waals surface area contributed by atoms with Gasteiger partial charge in [0, 0.05) is 13.1 Å². The molecule has 1 aliphatic heterocycles. The second kappa shape index (κ2) is 6.36. The third kappa shape index (κ3) is 3.96. The molecule has 1 saturated carbocycles. The molecule has 0 radical (unpaired) electrons. The molecule has 0 unspecified atom stereocenters. The van der Waals surface area contributed by atoms with E-state index in [1.807, 2.05) is 0 Å². The van der Waals surface area contributed by atoms with Crippen LogP contribution in [0.4, 0.5) is 0 Å². The Balaban J connectivity index is 1.65. The zero-order chi connectivity index (χ0) is 12.1. The van der Waals surface area contributed by atoms with Crippen molar-refractivity contribution in [3.05, 3.63) is 0 Å². The fraction of sp³-hybridized carbons (Fsp3) is 0.923. The molecule has 2 rings (SSSR count). The first-order valence-corrected chi connectivity index (χ1v) is 6.92. The molecule has 0 aromatic heterocycles. The van der Waals surface area contributed by atoms with Crippen LogP contribution in [0.5, 0.6) is 0 Å². The first-order chi connectivity index (χ1) is 8.25. The summed E-state index contributed by atoms with van der Waals surface area (Å²) in [4.78, 5) is 11.9. The molecule has 0 aromatic rings. The lowest BCUT2D eigenvalue weighted by atomic mass is 9.87. The van der Waals surface area contributed by atoms with E-state index in [-0.39, 0.29) is 17.9 Å². The Morgan fingerprint density at radius 1 is 1.24 bits per heavy atom. The second-order valence-electron chi connectivity index (χ2n) is 5.46. The number of hydrogen-bond acceptors (Lipinski definition) is 3. The largest absolute Gasteiger partial charge is 0.393 e. The third-order valence-electron chi connectivity index (χ3n) is 4.05. The van der Waals surface area contributed by atoms with Crippen LogP contribution in [0.25, 0.3) is 0 Å². The average molecular weight is 240 g/mol. The van der Waals surface area contributed by atoms with Gasteiger partial charge >= 0.3 is 0 Å². The first-order valence-electron chi connectivity index (χ1n) is 6.92. The van der Waals surface area contributed by atoms with Crippen LogP contribution in [-0.2, 0) is 4.79 Å². The van der Waals surface area contributed by atoms with E-state index in [1.165, 1.54) is 0 Å². The van der Waals surface area contributed by atoms with Gasteiger partial charge in [-0.3, -0.25) is 4.79 Å². The van der Waals surface area contributed by atoms with Crippen LogP contribution < -0.4 is 10.6 Å². The lowest BCUT2D eigenvalue weighted by Gasteiger charge is -2.27. The summed E-state index contributed by atoms with van der Waals surface area (Å²) in [6.45, 7) is 2.67. The van der Waals surface area contributed by atoms with Gasteiger partial charge in [0.05, 0.1) is 12.0 Å². The molecule has 3 N–H and O–H groups in total. The Bertz CT molecular complexity index is 244. The van der Waals surface area contributed by atoms with Crippen molar-refractivity contribution in [2.24, 2.45) is 11.8 Å². The van der Waals surface area contributed by atoms with E-state index in [2.05, 4.69) is 10.6 Å². The van der Waals surface area contributed by atoms with Crippen molar-refractivity contribution < 1.29 is 9.90 Å². The van der Waals surface area contributed by atoms with Crippen LogP contribution in [0.15, 0.2) is 0 Å². The van der Waals surface area contributed by atoms with Crippen LogP contribution in [0.3, 0.4) is 0 Å². The summed E-state index contributed by atoms with van der Waals surface area (Å²) in [5.74, 6) is 0.945. The minimum absolute atomic E-state index is 0.107. The van der Waals surface area contributed by atoms with Gasteiger partial charge in [-0.15, -0.1) is 0 Å². The maximum Gasteiger partial charge on any atom is 0.224 e. The summed E-state index contributed by atoms with van der Waals surface area (Å²) in [7, 11) is 0. The molecule has 0 bridgehead atoms. The lowest BCUT2D eigenvalue weighted by molar-refractivity contribution is -0.125. The molecule has 0 aromatic carbocycles. The van der Waals surface area contributed by atoms with Crippen molar-refractivity contribution in [3.63, 3.8) is 0 Å². The molecule has 2 fully saturated rings. The van der Waals surface area contributed by atoms with Gasteiger partial charge in [-0.25, -0.2) is 0 Å². The summed E-state index contributed by atoms with van der Waals surface area (Å²) in [6, 6.07) is 0. The Labute approximate surface area is 103 Å². The van der Waals surface area contributed by atoms with E-state index >= 15 is 0 Å². The van der Waals surface area contributed by atoms with Crippen LogP contribution in [-0.4, -0.2) is 36.8 Å². The highest BCUT2D eigenvalue weighted by Crippen LogP contribution is 2.23. The van der Waals surface area contributed by atoms with E-state index < -0.39 is 0 Å². The van der Waals surface area contributed by atoms with Gasteiger partial charge in [-0.05, 0) is 51.0 Å². The fourth-order valence-corrected chi connectivity index (χ4v) is 2.81. The summed E-state index contributed by atoms with van der Waals surface area (Å²) in [5.41, 5.74) is 0. The van der Waals surface area contributed by atoms with Crippen LogP contribution in [0.1, 0.15) is 38.5 Å². The maximum atomic E-state index is 11.9. The van der Waals surface area contributed by atoms with Crippen molar-refractivity contribution >= 4 is 5.91 Å². The molecule has 1 amide bonds. The molecule has 98 valence electrons. The van der Waals surface area contributed by atoms with Gasteiger partial charge in [-0.2, -0.15) is 0 Å². The molecule has 4 nitrogen and oxygen atoms in total. The van der Waals surface area contributed by atoms with Crippen LogP contribution >= 0.6 is 0 Å². The molecule has 4 heteroatoms. The van der Waals surface area contributed by atoms with E-state index in [9.17, 15) is 9.90 Å². The number of hydrogen-bond donors (Lipinski definition) is 3. The van der Waals surface area contributed by atoms with Crippen LogP contribution in [0.2, 0.25) is 0 Å². The molecule has 1 heterocycles. The lowest BCUT2D eigenvalue weighted by Crippen LogP contribution is -2.42. The normalized spacial score (nSPS) is 34.3. The molecule has 1 saturated heterocycles. The monoisotopic (exact) mass is 240 g/mol. The topological polar surface area (TPSA) is 61.4 Å². The van der Waals surface area contributed by atoms with Gasteiger partial charge in [-0.1, -0.05) is 0 Å². The highest BCUT2D eigenvalue weighted by atomic mass is 16.3. The van der Waals surface area contributed by atoms with Crippen molar-refractivity contribution in [3.8, 4) is 0 Å². The van der Waals surface area contributed by atoms with Crippen molar-refractivity contribution in [1.82, 2.24) is 10.6 Å². The van der Waals surface area contributed by atoms with Crippen molar-refractivity contribution in [1.29, 1.82) is 0 Å². The number of aliphatic hydroxyl groups excluding tert-OH is 1. The second-order valence-corrected chi connectivity index (χ2v) is 5.46. The highest BCUT2D eigenvalue weighted by Gasteiger charge is 2.23. The summed E-state index contributed by atoms with van der Waals surface area (Å²) in [6.07, 6.45) is 5.89. The number of nitrogens with one attached hydrogen (secondary N) is 2.